The predicted molar refractivity (Wildman–Crippen MR) is 98.2 cm³/mol. The fourth-order valence-electron chi connectivity index (χ4n) is 3.30. The number of hydrogen-bond acceptors (Lipinski definition) is 4. The lowest BCUT2D eigenvalue weighted by atomic mass is 10.1. The Morgan fingerprint density at radius 1 is 0.875 bits per heavy atom. The fourth-order valence-corrected chi connectivity index (χ4v) is 3.30. The van der Waals surface area contributed by atoms with E-state index in [1.807, 2.05) is 6.07 Å². The number of anilines is 1. The summed E-state index contributed by atoms with van der Waals surface area (Å²) in [5, 5.41) is 0. The van der Waals surface area contributed by atoms with E-state index in [-0.39, 0.29) is 0 Å². The number of aryl methyl sites for hydroxylation is 1. The average Bonchev–Trinajstić information content (AvgIpc) is 2.63. The number of rotatable bonds is 5. The molecule has 1 heterocycles. The van der Waals surface area contributed by atoms with E-state index in [1.54, 1.807) is 14.2 Å². The molecule has 0 bridgehead atoms. The fraction of sp³-hybridized carbons (Fsp3) is 0.400. The Morgan fingerprint density at radius 2 is 1.58 bits per heavy atom. The Balaban J connectivity index is 1.60. The summed E-state index contributed by atoms with van der Waals surface area (Å²) >= 11 is 0. The lowest BCUT2D eigenvalue weighted by Gasteiger charge is -2.36. The molecule has 0 spiro atoms. The van der Waals surface area contributed by atoms with Crippen LogP contribution in [-0.2, 0) is 6.54 Å². The molecular weight excluding hydrogens is 300 g/mol. The van der Waals surface area contributed by atoms with Crippen molar-refractivity contribution in [2.45, 2.75) is 13.5 Å². The summed E-state index contributed by atoms with van der Waals surface area (Å²) in [6.07, 6.45) is 0. The minimum atomic E-state index is 0.783. The largest absolute Gasteiger partial charge is 0.493 e. The summed E-state index contributed by atoms with van der Waals surface area (Å²) < 4.78 is 10.7. The number of piperazine rings is 1. The highest BCUT2D eigenvalue weighted by Crippen LogP contribution is 2.28. The highest BCUT2D eigenvalue weighted by atomic mass is 16.5. The van der Waals surface area contributed by atoms with Gasteiger partial charge in [-0.15, -0.1) is 0 Å². The van der Waals surface area contributed by atoms with Crippen LogP contribution in [0.5, 0.6) is 11.5 Å². The zero-order valence-electron chi connectivity index (χ0n) is 14.8. The smallest absolute Gasteiger partial charge is 0.161 e. The zero-order valence-corrected chi connectivity index (χ0v) is 14.8. The van der Waals surface area contributed by atoms with E-state index in [9.17, 15) is 0 Å². The Bertz CT molecular complexity index is 679. The second kappa shape index (κ2) is 7.58. The number of ether oxygens (including phenoxy) is 2. The second-order valence-corrected chi connectivity index (χ2v) is 6.24. The van der Waals surface area contributed by atoms with Crippen molar-refractivity contribution in [2.24, 2.45) is 0 Å². The molecule has 0 saturated carbocycles. The average molecular weight is 326 g/mol. The monoisotopic (exact) mass is 326 g/mol. The van der Waals surface area contributed by atoms with Crippen molar-refractivity contribution in [3.63, 3.8) is 0 Å². The van der Waals surface area contributed by atoms with Crippen LogP contribution in [0.3, 0.4) is 0 Å². The molecule has 0 unspecified atom stereocenters. The predicted octanol–water partition coefficient (Wildman–Crippen LogP) is 3.33. The molecule has 1 aliphatic heterocycles. The Kier molecular flexibility index (Phi) is 5.26. The minimum Gasteiger partial charge on any atom is -0.493 e. The van der Waals surface area contributed by atoms with Gasteiger partial charge in [0.2, 0.25) is 0 Å². The molecule has 1 fully saturated rings. The van der Waals surface area contributed by atoms with Gasteiger partial charge in [0.1, 0.15) is 0 Å². The molecule has 0 aromatic heterocycles. The molecule has 4 nitrogen and oxygen atoms in total. The molecule has 2 aromatic carbocycles. The molecule has 1 aliphatic rings. The van der Waals surface area contributed by atoms with Crippen molar-refractivity contribution in [3.05, 3.63) is 53.6 Å². The van der Waals surface area contributed by atoms with Crippen LogP contribution in [0.25, 0.3) is 0 Å². The summed E-state index contributed by atoms with van der Waals surface area (Å²) in [5.41, 5.74) is 3.98. The van der Waals surface area contributed by atoms with Crippen LogP contribution in [-0.4, -0.2) is 45.3 Å². The van der Waals surface area contributed by atoms with Gasteiger partial charge in [0.15, 0.2) is 11.5 Å². The molecule has 128 valence electrons. The molecule has 0 aliphatic carbocycles. The van der Waals surface area contributed by atoms with Crippen LogP contribution in [0.15, 0.2) is 42.5 Å². The first-order valence-corrected chi connectivity index (χ1v) is 8.45. The van der Waals surface area contributed by atoms with E-state index < -0.39 is 0 Å². The zero-order chi connectivity index (χ0) is 16.9. The van der Waals surface area contributed by atoms with Gasteiger partial charge in [-0.05, 0) is 36.2 Å². The van der Waals surface area contributed by atoms with Crippen molar-refractivity contribution in [1.82, 2.24) is 4.90 Å². The SMILES string of the molecule is COc1ccc(CN2CCN(c3ccccc3C)CC2)cc1OC. The van der Waals surface area contributed by atoms with Gasteiger partial charge in [0.25, 0.3) is 0 Å². The van der Waals surface area contributed by atoms with E-state index in [2.05, 4.69) is 53.1 Å². The maximum absolute atomic E-state index is 5.40. The van der Waals surface area contributed by atoms with Crippen LogP contribution in [0, 0.1) is 6.92 Å². The second-order valence-electron chi connectivity index (χ2n) is 6.24. The molecular formula is C20H26N2O2. The van der Waals surface area contributed by atoms with Crippen molar-refractivity contribution >= 4 is 5.69 Å². The molecule has 0 atom stereocenters. The van der Waals surface area contributed by atoms with Gasteiger partial charge in [-0.2, -0.15) is 0 Å². The summed E-state index contributed by atoms with van der Waals surface area (Å²) in [4.78, 5) is 4.98. The van der Waals surface area contributed by atoms with Gasteiger partial charge in [-0.1, -0.05) is 24.3 Å². The maximum atomic E-state index is 5.40. The van der Waals surface area contributed by atoms with E-state index in [4.69, 9.17) is 9.47 Å². The molecule has 3 rings (SSSR count). The Hall–Kier alpha value is -2.20. The van der Waals surface area contributed by atoms with Crippen molar-refractivity contribution < 1.29 is 9.47 Å². The maximum Gasteiger partial charge on any atom is 0.161 e. The first-order chi connectivity index (χ1) is 11.7. The third-order valence-electron chi connectivity index (χ3n) is 4.68. The van der Waals surface area contributed by atoms with Gasteiger partial charge in [-0.25, -0.2) is 0 Å². The number of benzene rings is 2. The molecule has 2 aromatic rings. The lowest BCUT2D eigenvalue weighted by molar-refractivity contribution is 0.249. The first kappa shape index (κ1) is 16.7. The quantitative estimate of drug-likeness (QED) is 0.841. The van der Waals surface area contributed by atoms with E-state index >= 15 is 0 Å². The van der Waals surface area contributed by atoms with E-state index in [0.717, 1.165) is 44.2 Å². The number of nitrogens with zero attached hydrogens (tertiary/aromatic N) is 2. The third-order valence-corrected chi connectivity index (χ3v) is 4.68. The molecule has 0 radical (unpaired) electrons. The molecule has 0 N–H and O–H groups in total. The Morgan fingerprint density at radius 3 is 2.25 bits per heavy atom. The van der Waals surface area contributed by atoms with Crippen LogP contribution >= 0.6 is 0 Å². The third kappa shape index (κ3) is 3.65. The molecule has 4 heteroatoms. The molecule has 1 saturated heterocycles. The van der Waals surface area contributed by atoms with Gasteiger partial charge in [0, 0.05) is 38.4 Å². The highest BCUT2D eigenvalue weighted by Gasteiger charge is 2.18. The summed E-state index contributed by atoms with van der Waals surface area (Å²) in [7, 11) is 3.35. The van der Waals surface area contributed by atoms with Crippen molar-refractivity contribution in [1.29, 1.82) is 0 Å². The standard InChI is InChI=1S/C20H26N2O2/c1-16-6-4-5-7-18(16)22-12-10-21(11-13-22)15-17-8-9-19(23-2)20(14-17)24-3/h4-9,14H,10-13,15H2,1-3H3. The lowest BCUT2D eigenvalue weighted by Crippen LogP contribution is -2.46. The van der Waals surface area contributed by atoms with Crippen LogP contribution in [0.4, 0.5) is 5.69 Å². The Labute approximate surface area is 144 Å². The van der Waals surface area contributed by atoms with Crippen LogP contribution < -0.4 is 14.4 Å². The summed E-state index contributed by atoms with van der Waals surface area (Å²) in [6, 6.07) is 14.8. The van der Waals surface area contributed by atoms with Gasteiger partial charge in [0.05, 0.1) is 14.2 Å². The summed E-state index contributed by atoms with van der Waals surface area (Å²) in [6.45, 7) is 7.41. The number of methoxy groups -OCH3 is 2. The summed E-state index contributed by atoms with van der Waals surface area (Å²) in [5.74, 6) is 1.58. The minimum absolute atomic E-state index is 0.783. The van der Waals surface area contributed by atoms with Crippen LogP contribution in [0.2, 0.25) is 0 Å². The first-order valence-electron chi connectivity index (χ1n) is 8.45. The number of hydrogen-bond donors (Lipinski definition) is 0. The van der Waals surface area contributed by atoms with Crippen molar-refractivity contribution in [2.75, 3.05) is 45.3 Å². The van der Waals surface area contributed by atoms with Crippen LogP contribution in [0.1, 0.15) is 11.1 Å². The van der Waals surface area contributed by atoms with Crippen molar-refractivity contribution in [3.8, 4) is 11.5 Å². The van der Waals surface area contributed by atoms with E-state index in [1.165, 1.54) is 16.8 Å². The van der Waals surface area contributed by atoms with Gasteiger partial charge in [-0.3, -0.25) is 4.90 Å². The topological polar surface area (TPSA) is 24.9 Å². The number of para-hydroxylation sites is 1. The molecule has 24 heavy (non-hydrogen) atoms. The van der Waals surface area contributed by atoms with E-state index in [0.29, 0.717) is 0 Å². The van der Waals surface area contributed by atoms with Gasteiger partial charge >= 0.3 is 0 Å². The highest BCUT2D eigenvalue weighted by molar-refractivity contribution is 5.53. The van der Waals surface area contributed by atoms with Gasteiger partial charge < -0.3 is 14.4 Å². The normalized spacial score (nSPS) is 15.4. The molecule has 0 amide bonds.